The molecule has 0 spiro atoms. The van der Waals surface area contributed by atoms with Crippen LogP contribution in [-0.2, 0) is 6.54 Å². The lowest BCUT2D eigenvalue weighted by Crippen LogP contribution is -2.33. The fourth-order valence-electron chi connectivity index (χ4n) is 1.40. The quantitative estimate of drug-likeness (QED) is 0.300. The van der Waals surface area contributed by atoms with Gasteiger partial charge in [-0.15, -0.1) is 0 Å². The summed E-state index contributed by atoms with van der Waals surface area (Å²) in [5, 5.41) is 20.6. The zero-order valence-electron chi connectivity index (χ0n) is 9.30. The summed E-state index contributed by atoms with van der Waals surface area (Å²) in [6.45, 7) is 3.93. The molecule has 16 heavy (non-hydrogen) atoms. The van der Waals surface area contributed by atoms with Crippen molar-refractivity contribution in [3.05, 3.63) is 29.8 Å². The molecule has 0 aromatic heterocycles. The van der Waals surface area contributed by atoms with Crippen molar-refractivity contribution < 1.29 is 10.3 Å². The van der Waals surface area contributed by atoms with Crippen LogP contribution in [0.1, 0.15) is 12.5 Å². The van der Waals surface area contributed by atoms with Gasteiger partial charge >= 0.3 is 0 Å². The molecule has 0 radical (unpaired) electrons. The van der Waals surface area contributed by atoms with Crippen molar-refractivity contribution in [1.29, 1.82) is 0 Å². The van der Waals surface area contributed by atoms with E-state index in [1.807, 2.05) is 24.0 Å². The van der Waals surface area contributed by atoms with Crippen LogP contribution in [-0.4, -0.2) is 34.1 Å². The minimum Gasteiger partial charge on any atom is -0.508 e. The number of phenolic OH excluding ortho intramolecular Hbond substituents is 1. The molecule has 0 atom stereocenters. The summed E-state index contributed by atoms with van der Waals surface area (Å²) >= 11 is 0. The molecule has 0 saturated carbocycles. The molecule has 0 aliphatic heterocycles. The van der Waals surface area contributed by atoms with Crippen molar-refractivity contribution in [2.45, 2.75) is 13.5 Å². The molecule has 0 aliphatic rings. The van der Waals surface area contributed by atoms with Crippen LogP contribution in [0.3, 0.4) is 0 Å². The van der Waals surface area contributed by atoms with E-state index in [0.29, 0.717) is 13.1 Å². The van der Waals surface area contributed by atoms with Gasteiger partial charge in [0.25, 0.3) is 0 Å². The molecule has 5 heteroatoms. The van der Waals surface area contributed by atoms with Gasteiger partial charge in [0, 0.05) is 6.54 Å². The molecule has 0 amide bonds. The van der Waals surface area contributed by atoms with Crippen molar-refractivity contribution in [3.63, 3.8) is 0 Å². The number of hydrogen-bond acceptors (Lipinski definition) is 4. The van der Waals surface area contributed by atoms with Gasteiger partial charge in [0.15, 0.2) is 5.84 Å². The Bertz CT molecular complexity index is 349. The van der Waals surface area contributed by atoms with Gasteiger partial charge in [-0.2, -0.15) is 0 Å². The second-order valence-electron chi connectivity index (χ2n) is 3.56. The number of benzene rings is 1. The fraction of sp³-hybridized carbons (Fsp3) is 0.364. The highest BCUT2D eigenvalue weighted by Gasteiger charge is 2.06. The van der Waals surface area contributed by atoms with Gasteiger partial charge in [-0.25, -0.2) is 0 Å². The SMILES string of the molecule is CCN(CC(N)=NO)Cc1ccc(O)cc1. The fourth-order valence-corrected chi connectivity index (χ4v) is 1.40. The minimum atomic E-state index is 0.195. The second kappa shape index (κ2) is 5.97. The molecule has 0 unspecified atom stereocenters. The molecule has 1 rings (SSSR count). The number of hydrogen-bond donors (Lipinski definition) is 3. The highest BCUT2D eigenvalue weighted by Crippen LogP contribution is 2.11. The predicted molar refractivity (Wildman–Crippen MR) is 62.5 cm³/mol. The lowest BCUT2D eigenvalue weighted by atomic mass is 10.2. The van der Waals surface area contributed by atoms with E-state index in [1.54, 1.807) is 12.1 Å². The summed E-state index contributed by atoms with van der Waals surface area (Å²) in [6, 6.07) is 6.99. The lowest BCUT2D eigenvalue weighted by molar-refractivity contribution is 0.294. The van der Waals surface area contributed by atoms with Crippen LogP contribution < -0.4 is 5.73 Å². The van der Waals surface area contributed by atoms with Gasteiger partial charge in [-0.3, -0.25) is 4.90 Å². The van der Waals surface area contributed by atoms with Gasteiger partial charge in [-0.1, -0.05) is 24.2 Å². The van der Waals surface area contributed by atoms with Crippen LogP contribution in [0.5, 0.6) is 5.75 Å². The van der Waals surface area contributed by atoms with E-state index < -0.39 is 0 Å². The average Bonchev–Trinajstić information content (AvgIpc) is 2.30. The van der Waals surface area contributed by atoms with Crippen molar-refractivity contribution in [2.24, 2.45) is 10.9 Å². The number of nitrogens with two attached hydrogens (primary N) is 1. The summed E-state index contributed by atoms with van der Waals surface area (Å²) in [5.74, 6) is 0.448. The molecular formula is C11H17N3O2. The minimum absolute atomic E-state index is 0.195. The standard InChI is InChI=1S/C11H17N3O2/c1-2-14(8-11(12)13-16)7-9-3-5-10(15)6-4-9/h3-6,15-16H,2,7-8H2,1H3,(H2,12,13). The molecule has 0 fully saturated rings. The van der Waals surface area contributed by atoms with Crippen LogP contribution in [0.2, 0.25) is 0 Å². The second-order valence-corrected chi connectivity index (χ2v) is 3.56. The Hall–Kier alpha value is -1.75. The first kappa shape index (κ1) is 12.3. The van der Waals surface area contributed by atoms with E-state index in [2.05, 4.69) is 5.16 Å². The maximum atomic E-state index is 9.15. The lowest BCUT2D eigenvalue weighted by Gasteiger charge is -2.19. The number of amidine groups is 1. The normalized spacial score (nSPS) is 12.0. The maximum Gasteiger partial charge on any atom is 0.153 e. The Morgan fingerprint density at radius 3 is 2.50 bits per heavy atom. The smallest absolute Gasteiger partial charge is 0.153 e. The van der Waals surface area contributed by atoms with Crippen molar-refractivity contribution in [2.75, 3.05) is 13.1 Å². The number of phenols is 1. The van der Waals surface area contributed by atoms with E-state index >= 15 is 0 Å². The molecule has 0 bridgehead atoms. The Balaban J connectivity index is 2.59. The van der Waals surface area contributed by atoms with Crippen LogP contribution in [0.15, 0.2) is 29.4 Å². The van der Waals surface area contributed by atoms with Gasteiger partial charge in [0.2, 0.25) is 0 Å². The molecule has 0 aliphatic carbocycles. The molecule has 0 saturated heterocycles. The summed E-state index contributed by atoms with van der Waals surface area (Å²) < 4.78 is 0. The summed E-state index contributed by atoms with van der Waals surface area (Å²) in [5.41, 5.74) is 6.52. The highest BCUT2D eigenvalue weighted by atomic mass is 16.4. The molecule has 1 aromatic rings. The van der Waals surface area contributed by atoms with Crippen molar-refractivity contribution in [3.8, 4) is 5.75 Å². The van der Waals surface area contributed by atoms with E-state index in [9.17, 15) is 0 Å². The van der Waals surface area contributed by atoms with E-state index in [4.69, 9.17) is 16.0 Å². The molecule has 1 aromatic carbocycles. The van der Waals surface area contributed by atoms with Crippen molar-refractivity contribution >= 4 is 5.84 Å². The van der Waals surface area contributed by atoms with Crippen LogP contribution in [0.4, 0.5) is 0 Å². The summed E-state index contributed by atoms with van der Waals surface area (Å²) in [6.07, 6.45) is 0. The van der Waals surface area contributed by atoms with Gasteiger partial charge in [-0.05, 0) is 24.2 Å². The Labute approximate surface area is 94.8 Å². The first-order valence-electron chi connectivity index (χ1n) is 5.12. The van der Waals surface area contributed by atoms with E-state index in [1.165, 1.54) is 0 Å². The van der Waals surface area contributed by atoms with Crippen LogP contribution in [0, 0.1) is 0 Å². The zero-order chi connectivity index (χ0) is 12.0. The predicted octanol–water partition coefficient (Wildman–Crippen LogP) is 0.960. The molecule has 0 heterocycles. The van der Waals surface area contributed by atoms with Crippen molar-refractivity contribution in [1.82, 2.24) is 4.90 Å². The van der Waals surface area contributed by atoms with Gasteiger partial charge < -0.3 is 16.0 Å². The summed E-state index contributed by atoms with van der Waals surface area (Å²) in [7, 11) is 0. The first-order chi connectivity index (χ1) is 7.65. The topological polar surface area (TPSA) is 82.1 Å². The summed E-state index contributed by atoms with van der Waals surface area (Å²) in [4.78, 5) is 2.03. The number of likely N-dealkylation sites (N-methyl/N-ethyl adjacent to an activating group) is 1. The largest absolute Gasteiger partial charge is 0.508 e. The Morgan fingerprint density at radius 2 is 2.00 bits per heavy atom. The molecule has 5 nitrogen and oxygen atoms in total. The Morgan fingerprint density at radius 1 is 1.38 bits per heavy atom. The third-order valence-corrected chi connectivity index (χ3v) is 2.30. The molecule has 88 valence electrons. The number of aromatic hydroxyl groups is 1. The van der Waals surface area contributed by atoms with Crippen LogP contribution in [0.25, 0.3) is 0 Å². The van der Waals surface area contributed by atoms with Gasteiger partial charge in [0.05, 0.1) is 6.54 Å². The first-order valence-corrected chi connectivity index (χ1v) is 5.12. The monoisotopic (exact) mass is 223 g/mol. The average molecular weight is 223 g/mol. The zero-order valence-corrected chi connectivity index (χ0v) is 9.30. The van der Waals surface area contributed by atoms with Gasteiger partial charge in [0.1, 0.15) is 5.75 Å². The van der Waals surface area contributed by atoms with Crippen LogP contribution >= 0.6 is 0 Å². The molecular weight excluding hydrogens is 206 g/mol. The maximum absolute atomic E-state index is 9.15. The van der Waals surface area contributed by atoms with E-state index in [-0.39, 0.29) is 11.6 Å². The number of nitrogens with zero attached hydrogens (tertiary/aromatic N) is 2. The third kappa shape index (κ3) is 3.78. The highest BCUT2D eigenvalue weighted by molar-refractivity contribution is 5.81. The molecule has 4 N–H and O–H groups in total. The number of oxime groups is 1. The number of rotatable bonds is 5. The Kier molecular flexibility index (Phi) is 4.60. The third-order valence-electron chi connectivity index (χ3n) is 2.30. The van der Waals surface area contributed by atoms with E-state index in [0.717, 1.165) is 12.1 Å².